The van der Waals surface area contributed by atoms with E-state index in [0.29, 0.717) is 5.92 Å². The molecular weight excluding hydrogens is 212 g/mol. The Morgan fingerprint density at radius 1 is 1.06 bits per heavy atom. The molecule has 1 rings (SSSR count). The lowest BCUT2D eigenvalue weighted by Crippen LogP contribution is -2.20. The third kappa shape index (κ3) is 7.05. The highest BCUT2D eigenvalue weighted by atomic mass is 16.5. The van der Waals surface area contributed by atoms with Gasteiger partial charge in [0.05, 0.1) is 12.7 Å². The summed E-state index contributed by atoms with van der Waals surface area (Å²) in [7, 11) is 0. The monoisotopic (exact) mass is 242 g/mol. The van der Waals surface area contributed by atoms with Crippen molar-refractivity contribution < 1.29 is 9.84 Å². The first-order valence-electron chi connectivity index (χ1n) is 7.60. The van der Waals surface area contributed by atoms with Gasteiger partial charge < -0.3 is 9.84 Å². The maximum absolute atomic E-state index is 9.94. The van der Waals surface area contributed by atoms with E-state index >= 15 is 0 Å². The average molecular weight is 242 g/mol. The summed E-state index contributed by atoms with van der Waals surface area (Å²) < 4.78 is 5.30. The second-order valence-electron chi connectivity index (χ2n) is 5.45. The molecule has 0 saturated carbocycles. The van der Waals surface area contributed by atoms with E-state index in [4.69, 9.17) is 4.74 Å². The van der Waals surface area contributed by atoms with Crippen molar-refractivity contribution in [2.75, 3.05) is 13.2 Å². The molecule has 0 amide bonds. The first-order chi connectivity index (χ1) is 8.34. The van der Waals surface area contributed by atoms with Crippen molar-refractivity contribution in [2.24, 2.45) is 5.92 Å². The van der Waals surface area contributed by atoms with Gasteiger partial charge in [0.25, 0.3) is 0 Å². The molecule has 2 atom stereocenters. The molecule has 0 aromatic heterocycles. The summed E-state index contributed by atoms with van der Waals surface area (Å²) in [6, 6.07) is 0. The van der Waals surface area contributed by atoms with Crippen molar-refractivity contribution in [1.29, 1.82) is 0 Å². The molecule has 1 aliphatic rings. The zero-order valence-electron chi connectivity index (χ0n) is 11.5. The standard InChI is InChI=1S/C15H30O2/c1-2-3-4-5-6-7-8-9-10-15(16)14-11-12-17-13-14/h14-16H,2-13H2,1H3. The molecule has 1 aliphatic heterocycles. The largest absolute Gasteiger partial charge is 0.393 e. The van der Waals surface area contributed by atoms with E-state index in [9.17, 15) is 5.11 Å². The van der Waals surface area contributed by atoms with Crippen LogP contribution in [0.5, 0.6) is 0 Å². The third-order valence-electron chi connectivity index (χ3n) is 3.86. The molecule has 0 bridgehead atoms. The highest BCUT2D eigenvalue weighted by molar-refractivity contribution is 4.72. The maximum atomic E-state index is 9.94. The summed E-state index contributed by atoms with van der Waals surface area (Å²) in [6.07, 6.45) is 12.6. The third-order valence-corrected chi connectivity index (χ3v) is 3.86. The minimum Gasteiger partial charge on any atom is -0.393 e. The van der Waals surface area contributed by atoms with Crippen LogP contribution in [-0.2, 0) is 4.74 Å². The van der Waals surface area contributed by atoms with Gasteiger partial charge in [-0.05, 0) is 12.8 Å². The first kappa shape index (κ1) is 15.0. The molecule has 0 radical (unpaired) electrons. The lowest BCUT2D eigenvalue weighted by Gasteiger charge is -2.15. The van der Waals surface area contributed by atoms with Gasteiger partial charge in [-0.3, -0.25) is 0 Å². The second kappa shape index (κ2) is 9.90. The van der Waals surface area contributed by atoms with E-state index < -0.39 is 0 Å². The quantitative estimate of drug-likeness (QED) is 0.588. The van der Waals surface area contributed by atoms with Crippen molar-refractivity contribution in [3.8, 4) is 0 Å². The zero-order valence-corrected chi connectivity index (χ0v) is 11.5. The summed E-state index contributed by atoms with van der Waals surface area (Å²) in [5.74, 6) is 0.416. The van der Waals surface area contributed by atoms with E-state index in [1.807, 2.05) is 0 Å². The molecule has 17 heavy (non-hydrogen) atoms. The van der Waals surface area contributed by atoms with Gasteiger partial charge in [0.15, 0.2) is 0 Å². The SMILES string of the molecule is CCCCCCCCCCC(O)C1CCOC1. The lowest BCUT2D eigenvalue weighted by atomic mass is 9.96. The molecule has 0 aromatic rings. The van der Waals surface area contributed by atoms with Crippen LogP contribution in [-0.4, -0.2) is 24.4 Å². The molecule has 1 fully saturated rings. The van der Waals surface area contributed by atoms with Crippen LogP contribution < -0.4 is 0 Å². The number of ether oxygens (including phenoxy) is 1. The molecule has 0 aliphatic carbocycles. The molecular formula is C15H30O2. The molecule has 102 valence electrons. The van der Waals surface area contributed by atoms with Crippen molar-refractivity contribution in [2.45, 2.75) is 77.2 Å². The maximum Gasteiger partial charge on any atom is 0.0591 e. The predicted molar refractivity (Wildman–Crippen MR) is 72.2 cm³/mol. The average Bonchev–Trinajstić information content (AvgIpc) is 2.86. The molecule has 1 N–H and O–H groups in total. The van der Waals surface area contributed by atoms with Crippen molar-refractivity contribution in [3.63, 3.8) is 0 Å². The topological polar surface area (TPSA) is 29.5 Å². The van der Waals surface area contributed by atoms with Gasteiger partial charge in [-0.25, -0.2) is 0 Å². The summed E-state index contributed by atoms with van der Waals surface area (Å²) in [4.78, 5) is 0. The highest BCUT2D eigenvalue weighted by Crippen LogP contribution is 2.21. The zero-order chi connectivity index (χ0) is 12.3. The van der Waals surface area contributed by atoms with Crippen molar-refractivity contribution >= 4 is 0 Å². The van der Waals surface area contributed by atoms with E-state index in [-0.39, 0.29) is 6.10 Å². The Labute approximate surface area is 107 Å². The Kier molecular flexibility index (Phi) is 8.72. The molecule has 1 heterocycles. The van der Waals surface area contributed by atoms with Gasteiger partial charge in [0.2, 0.25) is 0 Å². The van der Waals surface area contributed by atoms with Crippen LogP contribution in [0, 0.1) is 5.92 Å². The molecule has 0 spiro atoms. The Morgan fingerprint density at radius 2 is 1.71 bits per heavy atom. The van der Waals surface area contributed by atoms with Crippen molar-refractivity contribution in [1.82, 2.24) is 0 Å². The fourth-order valence-corrected chi connectivity index (χ4v) is 2.58. The molecule has 2 heteroatoms. The van der Waals surface area contributed by atoms with Gasteiger partial charge >= 0.3 is 0 Å². The Balaban J connectivity index is 1.83. The van der Waals surface area contributed by atoms with Gasteiger partial charge in [-0.2, -0.15) is 0 Å². The van der Waals surface area contributed by atoms with Crippen LogP contribution in [0.1, 0.15) is 71.1 Å². The van der Waals surface area contributed by atoms with Crippen LogP contribution in [0.25, 0.3) is 0 Å². The highest BCUT2D eigenvalue weighted by Gasteiger charge is 2.23. The Morgan fingerprint density at radius 3 is 2.29 bits per heavy atom. The van der Waals surface area contributed by atoms with Gasteiger partial charge in [0.1, 0.15) is 0 Å². The van der Waals surface area contributed by atoms with Gasteiger partial charge in [-0.15, -0.1) is 0 Å². The van der Waals surface area contributed by atoms with Crippen LogP contribution in [0.4, 0.5) is 0 Å². The molecule has 2 nitrogen and oxygen atoms in total. The lowest BCUT2D eigenvalue weighted by molar-refractivity contribution is 0.0825. The van der Waals surface area contributed by atoms with Crippen LogP contribution in [0.2, 0.25) is 0 Å². The smallest absolute Gasteiger partial charge is 0.0591 e. The minimum absolute atomic E-state index is 0.113. The van der Waals surface area contributed by atoms with Crippen molar-refractivity contribution in [3.05, 3.63) is 0 Å². The summed E-state index contributed by atoms with van der Waals surface area (Å²) in [5.41, 5.74) is 0. The number of hydrogen-bond acceptors (Lipinski definition) is 2. The minimum atomic E-state index is -0.113. The van der Waals surface area contributed by atoms with Crippen LogP contribution in [0.15, 0.2) is 0 Å². The predicted octanol–water partition coefficient (Wildman–Crippen LogP) is 3.91. The van der Waals surface area contributed by atoms with E-state index in [1.165, 1.54) is 51.4 Å². The fourth-order valence-electron chi connectivity index (χ4n) is 2.58. The Hall–Kier alpha value is -0.0800. The van der Waals surface area contributed by atoms with Crippen LogP contribution >= 0.6 is 0 Å². The van der Waals surface area contributed by atoms with Gasteiger partial charge in [0, 0.05) is 12.5 Å². The van der Waals surface area contributed by atoms with E-state index in [2.05, 4.69) is 6.92 Å². The van der Waals surface area contributed by atoms with Crippen LogP contribution in [0.3, 0.4) is 0 Å². The number of unbranched alkanes of at least 4 members (excludes halogenated alkanes) is 7. The van der Waals surface area contributed by atoms with Gasteiger partial charge in [-0.1, -0.05) is 58.3 Å². The number of rotatable bonds is 10. The van der Waals surface area contributed by atoms with E-state index in [0.717, 1.165) is 26.1 Å². The molecule has 2 unspecified atom stereocenters. The summed E-state index contributed by atoms with van der Waals surface area (Å²) in [6.45, 7) is 3.88. The number of aliphatic hydroxyl groups is 1. The normalized spacial score (nSPS) is 21.9. The van der Waals surface area contributed by atoms with E-state index in [1.54, 1.807) is 0 Å². The summed E-state index contributed by atoms with van der Waals surface area (Å²) >= 11 is 0. The number of aliphatic hydroxyl groups excluding tert-OH is 1. The number of hydrogen-bond donors (Lipinski definition) is 1. The Bertz CT molecular complexity index is 164. The summed E-state index contributed by atoms with van der Waals surface area (Å²) in [5, 5.41) is 9.94. The second-order valence-corrected chi connectivity index (χ2v) is 5.45. The first-order valence-corrected chi connectivity index (χ1v) is 7.60. The molecule has 1 saturated heterocycles. The fraction of sp³-hybridized carbons (Fsp3) is 1.00. The molecule has 0 aromatic carbocycles.